The van der Waals surface area contributed by atoms with Crippen LogP contribution in [0.3, 0.4) is 0 Å². The van der Waals surface area contributed by atoms with Gasteiger partial charge in [0.15, 0.2) is 0 Å². The lowest BCUT2D eigenvalue weighted by Crippen LogP contribution is -2.15. The highest BCUT2D eigenvalue weighted by Crippen LogP contribution is 2.23. The van der Waals surface area contributed by atoms with Crippen LogP contribution in [0.4, 0.5) is 10.1 Å². The van der Waals surface area contributed by atoms with Gasteiger partial charge in [0.2, 0.25) is 0 Å². The molecule has 0 aliphatic rings. The van der Waals surface area contributed by atoms with E-state index < -0.39 is 0 Å². The highest BCUT2D eigenvalue weighted by molar-refractivity contribution is 7.80. The maximum Gasteiger partial charge on any atom is 0.123 e. The summed E-state index contributed by atoms with van der Waals surface area (Å²) in [6, 6.07) is 12.4. The fraction of sp³-hybridized carbons (Fsp3) is 0.188. The summed E-state index contributed by atoms with van der Waals surface area (Å²) in [7, 11) is 0. The van der Waals surface area contributed by atoms with E-state index >= 15 is 0 Å². The fourth-order valence-electron chi connectivity index (χ4n) is 2.06. The van der Waals surface area contributed by atoms with Gasteiger partial charge in [0.1, 0.15) is 10.8 Å². The normalized spacial score (nSPS) is 11.9. The van der Waals surface area contributed by atoms with E-state index in [2.05, 4.69) is 5.32 Å². The predicted molar refractivity (Wildman–Crippen MR) is 85.5 cm³/mol. The number of hydrogen-bond donors (Lipinski definition) is 2. The number of hydrogen-bond acceptors (Lipinski definition) is 2. The fourth-order valence-corrected chi connectivity index (χ4v) is 2.22. The zero-order valence-corrected chi connectivity index (χ0v) is 12.3. The van der Waals surface area contributed by atoms with E-state index in [0.717, 1.165) is 22.4 Å². The lowest BCUT2D eigenvalue weighted by Gasteiger charge is -2.18. The Morgan fingerprint density at radius 3 is 2.45 bits per heavy atom. The third kappa shape index (κ3) is 3.33. The highest BCUT2D eigenvalue weighted by Gasteiger charge is 2.10. The van der Waals surface area contributed by atoms with Crippen molar-refractivity contribution in [2.75, 3.05) is 5.32 Å². The van der Waals surface area contributed by atoms with Crippen LogP contribution >= 0.6 is 12.2 Å². The molecule has 0 radical (unpaired) electrons. The third-order valence-electron chi connectivity index (χ3n) is 3.18. The Hall–Kier alpha value is -1.94. The van der Waals surface area contributed by atoms with Crippen molar-refractivity contribution in [1.82, 2.24) is 0 Å². The summed E-state index contributed by atoms with van der Waals surface area (Å²) in [5.41, 5.74) is 9.58. The van der Waals surface area contributed by atoms with Crippen molar-refractivity contribution >= 4 is 22.9 Å². The molecule has 1 atom stereocenters. The number of nitrogens with one attached hydrogen (secondary N) is 1. The average Bonchev–Trinajstić information content (AvgIpc) is 2.41. The number of aryl methyl sites for hydroxylation is 1. The second kappa shape index (κ2) is 6.01. The SMILES string of the molecule is Cc1ccc(NC(C)c2ccc(F)cc2)c(C(N)=S)c1. The Bertz CT molecular complexity index is 623. The summed E-state index contributed by atoms with van der Waals surface area (Å²) in [4.78, 5) is 0.363. The van der Waals surface area contributed by atoms with Gasteiger partial charge in [-0.25, -0.2) is 4.39 Å². The first-order valence-corrected chi connectivity index (χ1v) is 6.80. The topological polar surface area (TPSA) is 38.0 Å². The number of anilines is 1. The summed E-state index contributed by atoms with van der Waals surface area (Å²) < 4.78 is 12.9. The molecule has 2 rings (SSSR count). The predicted octanol–water partition coefficient (Wildman–Crippen LogP) is 3.94. The molecule has 20 heavy (non-hydrogen) atoms. The van der Waals surface area contributed by atoms with Crippen molar-refractivity contribution in [3.05, 3.63) is 65.0 Å². The first-order chi connectivity index (χ1) is 9.47. The van der Waals surface area contributed by atoms with E-state index in [0.29, 0.717) is 4.99 Å². The lowest BCUT2D eigenvalue weighted by molar-refractivity contribution is 0.626. The standard InChI is InChI=1S/C16H17FN2S/c1-10-3-8-15(14(9-10)16(18)20)19-11(2)12-4-6-13(17)7-5-12/h3-9,11,19H,1-2H3,(H2,18,20). The monoisotopic (exact) mass is 288 g/mol. The molecule has 0 heterocycles. The number of benzene rings is 2. The van der Waals surface area contributed by atoms with Gasteiger partial charge in [-0.15, -0.1) is 0 Å². The van der Waals surface area contributed by atoms with E-state index in [1.54, 1.807) is 12.1 Å². The number of rotatable bonds is 4. The Balaban J connectivity index is 2.25. The smallest absolute Gasteiger partial charge is 0.123 e. The molecule has 3 N–H and O–H groups in total. The largest absolute Gasteiger partial charge is 0.389 e. The lowest BCUT2D eigenvalue weighted by atomic mass is 10.1. The quantitative estimate of drug-likeness (QED) is 0.837. The van der Waals surface area contributed by atoms with Crippen LogP contribution < -0.4 is 11.1 Å². The summed E-state index contributed by atoms with van der Waals surface area (Å²) >= 11 is 5.08. The highest BCUT2D eigenvalue weighted by atomic mass is 32.1. The van der Waals surface area contributed by atoms with Crippen molar-refractivity contribution in [2.24, 2.45) is 5.73 Å². The van der Waals surface area contributed by atoms with Crippen LogP contribution in [0.2, 0.25) is 0 Å². The molecule has 0 fully saturated rings. The maximum absolute atomic E-state index is 12.9. The van der Waals surface area contributed by atoms with Gasteiger partial charge in [-0.1, -0.05) is 36.0 Å². The van der Waals surface area contributed by atoms with Gasteiger partial charge in [-0.2, -0.15) is 0 Å². The van der Waals surface area contributed by atoms with Crippen LogP contribution in [0, 0.1) is 12.7 Å². The minimum absolute atomic E-state index is 0.0337. The van der Waals surface area contributed by atoms with Gasteiger partial charge in [-0.05, 0) is 43.7 Å². The van der Waals surface area contributed by atoms with Gasteiger partial charge >= 0.3 is 0 Å². The zero-order valence-electron chi connectivity index (χ0n) is 11.5. The Kier molecular flexibility index (Phi) is 4.35. The van der Waals surface area contributed by atoms with Crippen molar-refractivity contribution in [1.29, 1.82) is 0 Å². The van der Waals surface area contributed by atoms with Gasteiger partial charge in [0.05, 0.1) is 0 Å². The van der Waals surface area contributed by atoms with E-state index in [4.69, 9.17) is 18.0 Å². The first kappa shape index (κ1) is 14.5. The van der Waals surface area contributed by atoms with E-state index in [1.165, 1.54) is 12.1 Å². The molecular weight excluding hydrogens is 271 g/mol. The Morgan fingerprint density at radius 1 is 1.20 bits per heavy atom. The number of halogens is 1. The van der Waals surface area contributed by atoms with E-state index in [1.807, 2.05) is 32.0 Å². The summed E-state index contributed by atoms with van der Waals surface area (Å²) in [6.07, 6.45) is 0. The van der Waals surface area contributed by atoms with Crippen molar-refractivity contribution in [3.63, 3.8) is 0 Å². The number of nitrogens with two attached hydrogens (primary N) is 1. The van der Waals surface area contributed by atoms with Crippen molar-refractivity contribution < 1.29 is 4.39 Å². The van der Waals surface area contributed by atoms with Gasteiger partial charge in [0.25, 0.3) is 0 Å². The molecule has 0 aliphatic carbocycles. The zero-order chi connectivity index (χ0) is 14.7. The molecule has 0 spiro atoms. The van der Waals surface area contributed by atoms with Crippen LogP contribution in [0.25, 0.3) is 0 Å². The summed E-state index contributed by atoms with van der Waals surface area (Å²) in [5, 5.41) is 3.36. The molecule has 1 unspecified atom stereocenters. The minimum atomic E-state index is -0.236. The van der Waals surface area contributed by atoms with E-state index in [9.17, 15) is 4.39 Å². The molecule has 104 valence electrons. The molecule has 0 saturated heterocycles. The van der Waals surface area contributed by atoms with Gasteiger partial charge < -0.3 is 11.1 Å². The molecule has 0 amide bonds. The van der Waals surface area contributed by atoms with Crippen LogP contribution in [0.5, 0.6) is 0 Å². The molecule has 2 nitrogen and oxygen atoms in total. The second-order valence-electron chi connectivity index (χ2n) is 4.83. The van der Waals surface area contributed by atoms with Crippen LogP contribution in [0.1, 0.15) is 29.7 Å². The average molecular weight is 288 g/mol. The number of thiocarbonyl (C=S) groups is 1. The van der Waals surface area contributed by atoms with Crippen LogP contribution in [0.15, 0.2) is 42.5 Å². The molecule has 2 aromatic carbocycles. The van der Waals surface area contributed by atoms with E-state index in [-0.39, 0.29) is 11.9 Å². The second-order valence-corrected chi connectivity index (χ2v) is 5.27. The Labute approximate surface area is 123 Å². The van der Waals surface area contributed by atoms with Gasteiger partial charge in [-0.3, -0.25) is 0 Å². The minimum Gasteiger partial charge on any atom is -0.389 e. The van der Waals surface area contributed by atoms with Crippen LogP contribution in [-0.4, -0.2) is 4.99 Å². The molecule has 4 heteroatoms. The molecular formula is C16H17FN2S. The molecule has 0 aliphatic heterocycles. The summed E-state index contributed by atoms with van der Waals surface area (Å²) in [6.45, 7) is 4.01. The van der Waals surface area contributed by atoms with Crippen molar-refractivity contribution in [2.45, 2.75) is 19.9 Å². The van der Waals surface area contributed by atoms with Crippen molar-refractivity contribution in [3.8, 4) is 0 Å². The molecule has 0 bridgehead atoms. The first-order valence-electron chi connectivity index (χ1n) is 6.40. The molecule has 0 saturated carbocycles. The Morgan fingerprint density at radius 2 is 1.85 bits per heavy atom. The van der Waals surface area contributed by atoms with Crippen LogP contribution in [-0.2, 0) is 0 Å². The third-order valence-corrected chi connectivity index (χ3v) is 3.40. The molecule has 2 aromatic rings. The summed E-state index contributed by atoms with van der Waals surface area (Å²) in [5.74, 6) is -0.236. The van der Waals surface area contributed by atoms with Gasteiger partial charge in [0, 0.05) is 17.3 Å². The molecule has 0 aromatic heterocycles. The maximum atomic E-state index is 12.9.